The Morgan fingerprint density at radius 2 is 1.71 bits per heavy atom. The summed E-state index contributed by atoms with van der Waals surface area (Å²) in [6.07, 6.45) is 5.26. The van der Waals surface area contributed by atoms with E-state index in [4.69, 9.17) is 20.8 Å². The van der Waals surface area contributed by atoms with Crippen LogP contribution in [0.4, 0.5) is 4.79 Å². The van der Waals surface area contributed by atoms with Crippen molar-refractivity contribution in [1.82, 2.24) is 14.7 Å². The summed E-state index contributed by atoms with van der Waals surface area (Å²) >= 11 is 6.41. The summed E-state index contributed by atoms with van der Waals surface area (Å²) in [5.41, 5.74) is 0.491. The number of piperidine rings is 3. The molecular formula is C32H38ClN3O6. The summed E-state index contributed by atoms with van der Waals surface area (Å²) in [4.78, 5) is 33.2. The molecule has 2 aromatic carbocycles. The molecule has 2 atom stereocenters. The molecule has 3 aliphatic heterocycles. The highest BCUT2D eigenvalue weighted by Crippen LogP contribution is 2.44. The van der Waals surface area contributed by atoms with Crippen LogP contribution in [0, 0.1) is 0 Å². The molecular weight excluding hydrogens is 558 g/mol. The molecule has 9 nitrogen and oxygen atoms in total. The third-order valence-corrected chi connectivity index (χ3v) is 9.48. The average molecular weight is 596 g/mol. The number of fused-ring (bicyclic) bond motifs is 1. The molecule has 4 heterocycles. The van der Waals surface area contributed by atoms with Crippen LogP contribution >= 0.6 is 11.6 Å². The van der Waals surface area contributed by atoms with Crippen molar-refractivity contribution >= 4 is 28.7 Å². The van der Waals surface area contributed by atoms with Crippen molar-refractivity contribution in [3.8, 4) is 22.8 Å². The van der Waals surface area contributed by atoms with Gasteiger partial charge in [-0.1, -0.05) is 30.2 Å². The predicted molar refractivity (Wildman–Crippen MR) is 161 cm³/mol. The first-order valence-electron chi connectivity index (χ1n) is 15.0. The molecule has 0 unspecified atom stereocenters. The second-order valence-corrected chi connectivity index (χ2v) is 12.3. The Balaban J connectivity index is 1.29. The third-order valence-electron chi connectivity index (χ3n) is 9.15. The molecule has 3 aliphatic rings. The van der Waals surface area contributed by atoms with Crippen LogP contribution < -0.4 is 5.43 Å². The SMILES string of the molecule is CN1CC[C@H](c2c(O)cc(O)c3c(=O)cc(-c4ccccc4Cl)oc23)[C@H](OC(=O)N2CCC(N3CCCCC3)CC2)C1. The Kier molecular flexibility index (Phi) is 8.34. The van der Waals surface area contributed by atoms with Crippen LogP contribution in [-0.4, -0.2) is 89.5 Å². The molecule has 10 heteroatoms. The highest BCUT2D eigenvalue weighted by molar-refractivity contribution is 6.33. The second kappa shape index (κ2) is 12.1. The molecule has 1 aromatic heterocycles. The Morgan fingerprint density at radius 3 is 2.45 bits per heavy atom. The van der Waals surface area contributed by atoms with Crippen molar-refractivity contribution < 1.29 is 24.2 Å². The highest BCUT2D eigenvalue weighted by Gasteiger charge is 2.38. The molecule has 6 rings (SSSR count). The minimum Gasteiger partial charge on any atom is -0.507 e. The van der Waals surface area contributed by atoms with E-state index in [0.29, 0.717) is 54.8 Å². The molecule has 2 N–H and O–H groups in total. The molecule has 1 amide bonds. The lowest BCUT2D eigenvalue weighted by molar-refractivity contribution is 0.00637. The van der Waals surface area contributed by atoms with Gasteiger partial charge < -0.3 is 34.1 Å². The fourth-order valence-corrected chi connectivity index (χ4v) is 7.12. The monoisotopic (exact) mass is 595 g/mol. The number of likely N-dealkylation sites (tertiary alicyclic amines) is 3. The number of rotatable bonds is 4. The first-order valence-corrected chi connectivity index (χ1v) is 15.3. The van der Waals surface area contributed by atoms with Gasteiger partial charge in [-0.2, -0.15) is 0 Å². The Hall–Kier alpha value is -3.27. The number of aromatic hydroxyl groups is 2. The summed E-state index contributed by atoms with van der Waals surface area (Å²) in [7, 11) is 1.96. The maximum absolute atomic E-state index is 13.4. The minimum absolute atomic E-state index is 0.0256. The fourth-order valence-electron chi connectivity index (χ4n) is 6.90. The van der Waals surface area contributed by atoms with Gasteiger partial charge >= 0.3 is 6.09 Å². The smallest absolute Gasteiger partial charge is 0.410 e. The molecule has 3 aromatic rings. The van der Waals surface area contributed by atoms with E-state index in [9.17, 15) is 19.8 Å². The molecule has 0 saturated carbocycles. The van der Waals surface area contributed by atoms with Gasteiger partial charge in [0.2, 0.25) is 0 Å². The summed E-state index contributed by atoms with van der Waals surface area (Å²) in [6.45, 7) is 4.73. The lowest BCUT2D eigenvalue weighted by Gasteiger charge is -2.41. The van der Waals surface area contributed by atoms with Gasteiger partial charge in [-0.25, -0.2) is 4.79 Å². The van der Waals surface area contributed by atoms with Crippen LogP contribution in [-0.2, 0) is 4.74 Å². The number of halogens is 1. The zero-order valence-electron chi connectivity index (χ0n) is 23.9. The summed E-state index contributed by atoms with van der Waals surface area (Å²) in [5, 5.41) is 22.2. The van der Waals surface area contributed by atoms with Crippen molar-refractivity contribution in [1.29, 1.82) is 0 Å². The van der Waals surface area contributed by atoms with Gasteiger partial charge in [-0.15, -0.1) is 0 Å². The standard InChI is InChI=1S/C32H38ClN3O6/c1-34-14-11-22(28(19-34)42-32(40)36-15-9-20(10-16-36)35-12-5-2-6-13-35)29-24(37)17-25(38)30-26(39)18-27(41-31(29)30)21-7-3-4-8-23(21)33/h3-4,7-8,17-18,20,22,28,37-38H,2,5-6,9-16,19H2,1H3/t22-,28+/m0/s1. The second-order valence-electron chi connectivity index (χ2n) is 11.9. The number of carbonyl (C=O) groups excluding carboxylic acids is 1. The van der Waals surface area contributed by atoms with Gasteiger partial charge in [-0.05, 0) is 70.9 Å². The van der Waals surface area contributed by atoms with Crippen LogP contribution in [0.25, 0.3) is 22.3 Å². The van der Waals surface area contributed by atoms with Gasteiger partial charge in [0.15, 0.2) is 5.43 Å². The lowest BCUT2D eigenvalue weighted by Crippen LogP contribution is -2.50. The Morgan fingerprint density at radius 1 is 0.976 bits per heavy atom. The van der Waals surface area contributed by atoms with Crippen molar-refractivity contribution in [3.63, 3.8) is 0 Å². The fraction of sp³-hybridized carbons (Fsp3) is 0.500. The molecule has 0 radical (unpaired) electrons. The van der Waals surface area contributed by atoms with Crippen molar-refractivity contribution in [3.05, 3.63) is 57.2 Å². The minimum atomic E-state index is -0.594. The van der Waals surface area contributed by atoms with E-state index in [1.54, 1.807) is 29.2 Å². The van der Waals surface area contributed by atoms with E-state index in [2.05, 4.69) is 9.80 Å². The van der Waals surface area contributed by atoms with Crippen molar-refractivity contribution in [2.75, 3.05) is 46.3 Å². The van der Waals surface area contributed by atoms with Crippen molar-refractivity contribution in [2.45, 2.75) is 56.6 Å². The maximum atomic E-state index is 13.4. The van der Waals surface area contributed by atoms with Crippen LogP contribution in [0.5, 0.6) is 11.5 Å². The number of benzene rings is 2. The largest absolute Gasteiger partial charge is 0.507 e. The van der Waals surface area contributed by atoms with Gasteiger partial charge in [0, 0.05) is 54.9 Å². The number of hydrogen-bond donors (Lipinski definition) is 2. The predicted octanol–water partition coefficient (Wildman–Crippen LogP) is 5.40. The molecule has 3 fully saturated rings. The van der Waals surface area contributed by atoms with Crippen LogP contribution in [0.3, 0.4) is 0 Å². The zero-order chi connectivity index (χ0) is 29.4. The number of amides is 1. The average Bonchev–Trinajstić information content (AvgIpc) is 2.98. The van der Waals surface area contributed by atoms with Gasteiger partial charge in [0.25, 0.3) is 0 Å². The molecule has 0 aliphatic carbocycles. The number of ether oxygens (including phenoxy) is 1. The van der Waals surface area contributed by atoms with Crippen molar-refractivity contribution in [2.24, 2.45) is 0 Å². The van der Waals surface area contributed by atoms with E-state index < -0.39 is 17.5 Å². The summed E-state index contributed by atoms with van der Waals surface area (Å²) < 4.78 is 12.4. The maximum Gasteiger partial charge on any atom is 0.410 e. The Labute approximate surface area is 250 Å². The lowest BCUT2D eigenvalue weighted by atomic mass is 9.85. The molecule has 0 spiro atoms. The van der Waals surface area contributed by atoms with Crippen LogP contribution in [0.1, 0.15) is 50.0 Å². The van der Waals surface area contributed by atoms with E-state index in [-0.39, 0.29) is 34.3 Å². The summed E-state index contributed by atoms with van der Waals surface area (Å²) in [5.74, 6) is -0.813. The van der Waals surface area contributed by atoms with E-state index in [0.717, 1.165) is 25.9 Å². The first-order chi connectivity index (χ1) is 20.3. The topological polar surface area (TPSA) is 107 Å². The number of likely N-dealkylation sites (N-methyl/N-ethyl adjacent to an activating group) is 1. The molecule has 42 heavy (non-hydrogen) atoms. The normalized spacial score (nSPS) is 22.9. The number of hydrogen-bond acceptors (Lipinski definition) is 8. The summed E-state index contributed by atoms with van der Waals surface area (Å²) in [6, 6.07) is 9.98. The van der Waals surface area contributed by atoms with Gasteiger partial charge in [0.05, 0.1) is 5.02 Å². The number of carbonyl (C=O) groups is 1. The number of phenols is 2. The highest BCUT2D eigenvalue weighted by atomic mass is 35.5. The van der Waals surface area contributed by atoms with Crippen LogP contribution in [0.15, 0.2) is 45.6 Å². The zero-order valence-corrected chi connectivity index (χ0v) is 24.7. The molecule has 0 bridgehead atoms. The molecule has 3 saturated heterocycles. The van der Waals surface area contributed by atoms with E-state index in [1.165, 1.54) is 31.4 Å². The van der Waals surface area contributed by atoms with Crippen LogP contribution in [0.2, 0.25) is 5.02 Å². The molecule has 224 valence electrons. The van der Waals surface area contributed by atoms with E-state index in [1.807, 2.05) is 7.05 Å². The quantitative estimate of drug-likeness (QED) is 0.413. The van der Waals surface area contributed by atoms with Gasteiger partial charge in [0.1, 0.15) is 34.3 Å². The first kappa shape index (κ1) is 28.8. The number of phenolic OH excluding ortho intramolecular Hbond substituents is 2. The number of nitrogens with zero attached hydrogens (tertiary/aromatic N) is 3. The third kappa shape index (κ3) is 5.70. The van der Waals surface area contributed by atoms with E-state index >= 15 is 0 Å². The Bertz CT molecular complexity index is 1510. The van der Waals surface area contributed by atoms with Gasteiger partial charge in [-0.3, -0.25) is 4.79 Å².